The minimum Gasteiger partial charge on any atom is -0.466 e. The maximum Gasteiger partial charge on any atom is 0.315 e. The van der Waals surface area contributed by atoms with Crippen LogP contribution in [0.4, 0.5) is 5.69 Å². The van der Waals surface area contributed by atoms with E-state index in [2.05, 4.69) is 5.32 Å². The fourth-order valence-corrected chi connectivity index (χ4v) is 4.78. The Bertz CT molecular complexity index is 645. The zero-order valence-electron chi connectivity index (χ0n) is 12.7. The predicted octanol–water partition coefficient (Wildman–Crippen LogP) is 0.464. The molecule has 5 nitrogen and oxygen atoms in total. The first kappa shape index (κ1) is 13.8. The molecular weight excluding hydrogens is 280 g/mol. The van der Waals surface area contributed by atoms with E-state index in [0.717, 1.165) is 30.6 Å². The molecule has 4 atom stereocenters. The van der Waals surface area contributed by atoms with E-state index in [0.29, 0.717) is 13.0 Å². The molecule has 3 heterocycles. The highest BCUT2D eigenvalue weighted by Gasteiger charge is 2.67. The van der Waals surface area contributed by atoms with Crippen molar-refractivity contribution in [3.63, 3.8) is 0 Å². The Morgan fingerprint density at radius 1 is 1.45 bits per heavy atom. The van der Waals surface area contributed by atoms with Gasteiger partial charge in [0.2, 0.25) is 5.54 Å². The molecule has 1 amide bonds. The number of ether oxygens (including phenoxy) is 1. The number of esters is 1. The van der Waals surface area contributed by atoms with Gasteiger partial charge >= 0.3 is 5.97 Å². The smallest absolute Gasteiger partial charge is 0.315 e. The van der Waals surface area contributed by atoms with Gasteiger partial charge in [0.05, 0.1) is 18.8 Å². The van der Waals surface area contributed by atoms with E-state index in [1.807, 2.05) is 31.2 Å². The van der Waals surface area contributed by atoms with Crippen LogP contribution < -0.4 is 10.2 Å². The quantitative estimate of drug-likeness (QED) is 0.781. The highest BCUT2D eigenvalue weighted by molar-refractivity contribution is 6.05. The van der Waals surface area contributed by atoms with Crippen molar-refractivity contribution in [1.82, 2.24) is 0 Å². The van der Waals surface area contributed by atoms with Gasteiger partial charge in [0, 0.05) is 24.8 Å². The van der Waals surface area contributed by atoms with Gasteiger partial charge in [-0.2, -0.15) is 0 Å². The molecule has 1 aromatic carbocycles. The summed E-state index contributed by atoms with van der Waals surface area (Å²) in [4.78, 5) is 26.5. The Hall–Kier alpha value is -1.88. The normalized spacial score (nSPS) is 35.3. The van der Waals surface area contributed by atoms with Crippen molar-refractivity contribution >= 4 is 17.6 Å². The fraction of sp³-hybridized carbons (Fsp3) is 0.529. The van der Waals surface area contributed by atoms with Crippen LogP contribution in [0.1, 0.15) is 31.7 Å². The zero-order chi connectivity index (χ0) is 15.3. The number of hydrogen-bond donors (Lipinski definition) is 2. The molecular formula is C17H21N2O3+. The predicted molar refractivity (Wildman–Crippen MR) is 80.3 cm³/mol. The Morgan fingerprint density at radius 3 is 3.09 bits per heavy atom. The molecule has 4 rings (SSSR count). The summed E-state index contributed by atoms with van der Waals surface area (Å²) in [6.07, 6.45) is 2.62. The molecule has 2 saturated heterocycles. The minimum absolute atomic E-state index is 0.0439. The number of fused-ring (bicyclic) bond motifs is 4. The third-order valence-corrected chi connectivity index (χ3v) is 5.58. The molecule has 1 unspecified atom stereocenters. The number of quaternary nitrogens is 1. The second-order valence-electron chi connectivity index (χ2n) is 6.49. The topological polar surface area (TPSA) is 59.8 Å². The molecule has 22 heavy (non-hydrogen) atoms. The van der Waals surface area contributed by atoms with Crippen LogP contribution in [0.25, 0.3) is 0 Å². The van der Waals surface area contributed by atoms with Gasteiger partial charge in [-0.25, -0.2) is 0 Å². The van der Waals surface area contributed by atoms with Crippen LogP contribution in [0.15, 0.2) is 24.3 Å². The van der Waals surface area contributed by atoms with Crippen molar-refractivity contribution in [2.24, 2.45) is 5.92 Å². The molecule has 0 radical (unpaired) electrons. The second-order valence-corrected chi connectivity index (χ2v) is 6.49. The number of hydrogen-bond acceptors (Lipinski definition) is 3. The zero-order valence-corrected chi connectivity index (χ0v) is 12.7. The number of carbonyl (C=O) groups is 2. The average Bonchev–Trinajstić information content (AvgIpc) is 3.16. The van der Waals surface area contributed by atoms with Crippen LogP contribution in [0, 0.1) is 5.92 Å². The maximum absolute atomic E-state index is 12.8. The van der Waals surface area contributed by atoms with Crippen LogP contribution in [-0.2, 0) is 19.9 Å². The first-order valence-corrected chi connectivity index (χ1v) is 8.12. The fourth-order valence-electron chi connectivity index (χ4n) is 4.78. The average molecular weight is 301 g/mol. The van der Waals surface area contributed by atoms with Gasteiger partial charge in [-0.15, -0.1) is 0 Å². The number of amides is 1. The molecule has 5 heteroatoms. The first-order chi connectivity index (χ1) is 10.7. The third-order valence-electron chi connectivity index (χ3n) is 5.58. The number of para-hydroxylation sites is 1. The Morgan fingerprint density at radius 2 is 2.27 bits per heavy atom. The van der Waals surface area contributed by atoms with E-state index < -0.39 is 5.54 Å². The lowest BCUT2D eigenvalue weighted by Gasteiger charge is -2.29. The molecule has 0 aromatic heterocycles. The first-order valence-electron chi connectivity index (χ1n) is 8.12. The van der Waals surface area contributed by atoms with Gasteiger partial charge in [-0.3, -0.25) is 9.59 Å². The standard InChI is InChI=1S/C17H20N2O3/c1-2-22-15(20)11-10-17(19-9-5-8-14(11)19)12-6-3-4-7-13(12)18-16(17)21/h3-4,6-7,11,14H,2,5,8-10H2,1H3,(H,18,21)/p+1/t11-,14-,17+/m1/s1. The van der Waals surface area contributed by atoms with E-state index >= 15 is 0 Å². The summed E-state index contributed by atoms with van der Waals surface area (Å²) in [7, 11) is 0. The third kappa shape index (κ3) is 1.63. The van der Waals surface area contributed by atoms with Crippen LogP contribution in [0.5, 0.6) is 0 Å². The van der Waals surface area contributed by atoms with E-state index in [-0.39, 0.29) is 23.8 Å². The molecule has 1 aromatic rings. The SMILES string of the molecule is CCOC(=O)[C@@H]1C[C@]2(C(=O)Nc3ccccc32)[NH+]2CCC[C@H]12. The van der Waals surface area contributed by atoms with E-state index in [1.54, 1.807) is 0 Å². The maximum atomic E-state index is 12.8. The largest absolute Gasteiger partial charge is 0.466 e. The molecule has 3 aliphatic rings. The summed E-state index contributed by atoms with van der Waals surface area (Å²) in [5.74, 6) is -0.266. The summed E-state index contributed by atoms with van der Waals surface area (Å²) >= 11 is 0. The number of nitrogens with one attached hydrogen (secondary N) is 2. The Kier molecular flexibility index (Phi) is 3.01. The minimum atomic E-state index is -0.602. The molecule has 0 saturated carbocycles. The van der Waals surface area contributed by atoms with Crippen LogP contribution in [0.3, 0.4) is 0 Å². The van der Waals surface area contributed by atoms with Crippen molar-refractivity contribution < 1.29 is 19.2 Å². The molecule has 2 fully saturated rings. The molecule has 116 valence electrons. The molecule has 0 bridgehead atoms. The van der Waals surface area contributed by atoms with Gasteiger partial charge in [-0.05, 0) is 13.0 Å². The summed E-state index contributed by atoms with van der Waals surface area (Å²) in [6, 6.07) is 8.10. The highest BCUT2D eigenvalue weighted by atomic mass is 16.5. The highest BCUT2D eigenvalue weighted by Crippen LogP contribution is 2.44. The van der Waals surface area contributed by atoms with Crippen LogP contribution in [0.2, 0.25) is 0 Å². The lowest BCUT2D eigenvalue weighted by atomic mass is 9.84. The summed E-state index contributed by atoms with van der Waals surface area (Å²) in [5, 5.41) is 3.02. The lowest BCUT2D eigenvalue weighted by Crippen LogP contribution is -3.19. The lowest BCUT2D eigenvalue weighted by molar-refractivity contribution is -0.947. The van der Waals surface area contributed by atoms with Crippen molar-refractivity contribution in [3.8, 4) is 0 Å². The van der Waals surface area contributed by atoms with Gasteiger partial charge in [-0.1, -0.05) is 18.2 Å². The molecule has 3 aliphatic heterocycles. The summed E-state index contributed by atoms with van der Waals surface area (Å²) in [6.45, 7) is 3.18. The summed E-state index contributed by atoms with van der Waals surface area (Å²) in [5.41, 5.74) is 1.35. The monoisotopic (exact) mass is 301 g/mol. The van der Waals surface area contributed by atoms with Gasteiger partial charge in [0.25, 0.3) is 5.91 Å². The van der Waals surface area contributed by atoms with Gasteiger partial charge in [0.15, 0.2) is 0 Å². The molecule has 2 N–H and O–H groups in total. The number of benzene rings is 1. The van der Waals surface area contributed by atoms with Crippen molar-refractivity contribution in [2.75, 3.05) is 18.5 Å². The summed E-state index contributed by atoms with van der Waals surface area (Å²) < 4.78 is 5.28. The van der Waals surface area contributed by atoms with Crippen LogP contribution >= 0.6 is 0 Å². The van der Waals surface area contributed by atoms with Crippen LogP contribution in [-0.4, -0.2) is 31.1 Å². The van der Waals surface area contributed by atoms with Crippen molar-refractivity contribution in [1.29, 1.82) is 0 Å². The van der Waals surface area contributed by atoms with E-state index in [4.69, 9.17) is 4.74 Å². The van der Waals surface area contributed by atoms with Gasteiger partial charge < -0.3 is 15.0 Å². The Balaban J connectivity index is 1.79. The Labute approximate surface area is 129 Å². The number of carbonyl (C=O) groups excluding carboxylic acids is 2. The molecule has 0 aliphatic carbocycles. The molecule has 1 spiro atoms. The van der Waals surface area contributed by atoms with E-state index in [9.17, 15) is 9.59 Å². The van der Waals surface area contributed by atoms with Crippen molar-refractivity contribution in [2.45, 2.75) is 37.8 Å². The second kappa shape index (κ2) is 4.81. The van der Waals surface area contributed by atoms with E-state index in [1.165, 1.54) is 4.90 Å². The number of anilines is 1. The van der Waals surface area contributed by atoms with Gasteiger partial charge in [0.1, 0.15) is 12.0 Å². The number of rotatable bonds is 2. The van der Waals surface area contributed by atoms with Crippen molar-refractivity contribution in [3.05, 3.63) is 29.8 Å².